The molecule has 1 aliphatic heterocycles. The molecule has 0 atom stereocenters. The average Bonchev–Trinajstić information content (AvgIpc) is 2.79. The van der Waals surface area contributed by atoms with Crippen molar-refractivity contribution in [3.8, 4) is 0 Å². The molecule has 0 amide bonds. The van der Waals surface area contributed by atoms with Crippen molar-refractivity contribution in [2.24, 2.45) is 0 Å². The summed E-state index contributed by atoms with van der Waals surface area (Å²) in [5.41, 5.74) is 0. The molecule has 1 fully saturated rings. The second kappa shape index (κ2) is 6.25. The first kappa shape index (κ1) is 11.9. The lowest BCUT2D eigenvalue weighted by molar-refractivity contribution is 0.319. The third-order valence-corrected chi connectivity index (χ3v) is 3.91. The van der Waals surface area contributed by atoms with Crippen molar-refractivity contribution in [2.75, 3.05) is 18.8 Å². The van der Waals surface area contributed by atoms with Gasteiger partial charge in [-0.1, -0.05) is 12.1 Å². The molecule has 1 N–H and O–H groups in total. The maximum atomic E-state index is 5.33. The van der Waals surface area contributed by atoms with Gasteiger partial charge in [0.25, 0.3) is 0 Å². The van der Waals surface area contributed by atoms with Crippen LogP contribution in [-0.4, -0.2) is 29.0 Å². The van der Waals surface area contributed by atoms with Crippen LogP contribution < -0.4 is 5.32 Å². The van der Waals surface area contributed by atoms with Crippen molar-refractivity contribution in [2.45, 2.75) is 37.9 Å². The Bertz CT molecular complexity index is 310. The highest BCUT2D eigenvalue weighted by molar-refractivity contribution is 7.98. The Hall–Kier alpha value is -0.550. The summed E-state index contributed by atoms with van der Waals surface area (Å²) in [6, 6.07) is 0. The van der Waals surface area contributed by atoms with Gasteiger partial charge in [0.2, 0.25) is 5.89 Å². The first-order chi connectivity index (χ1) is 7.90. The van der Waals surface area contributed by atoms with Crippen molar-refractivity contribution in [1.29, 1.82) is 0 Å². The molecule has 0 spiro atoms. The van der Waals surface area contributed by atoms with Gasteiger partial charge in [0.15, 0.2) is 5.82 Å². The van der Waals surface area contributed by atoms with E-state index in [1.54, 1.807) is 0 Å². The molecule has 0 bridgehead atoms. The maximum Gasteiger partial charge on any atom is 0.229 e. The predicted octanol–water partition coefficient (Wildman–Crippen LogP) is 2.18. The molecule has 16 heavy (non-hydrogen) atoms. The van der Waals surface area contributed by atoms with E-state index in [9.17, 15) is 0 Å². The summed E-state index contributed by atoms with van der Waals surface area (Å²) in [4.78, 5) is 4.48. The van der Waals surface area contributed by atoms with Gasteiger partial charge in [-0.2, -0.15) is 16.7 Å². The summed E-state index contributed by atoms with van der Waals surface area (Å²) < 4.78 is 5.33. The summed E-state index contributed by atoms with van der Waals surface area (Å²) in [6.07, 6.45) is 3.43. The number of nitrogens with one attached hydrogen (secondary N) is 1. The number of thioether (sulfide) groups is 1. The molecular weight excluding hydrogens is 222 g/mol. The van der Waals surface area contributed by atoms with E-state index >= 15 is 0 Å². The Morgan fingerprint density at radius 1 is 1.44 bits per heavy atom. The lowest BCUT2D eigenvalue weighted by atomic mass is 9.98. The molecule has 1 aliphatic rings. The monoisotopic (exact) mass is 241 g/mol. The lowest BCUT2D eigenvalue weighted by Crippen LogP contribution is -2.26. The van der Waals surface area contributed by atoms with Gasteiger partial charge in [-0.05, 0) is 38.1 Å². The van der Waals surface area contributed by atoms with Crippen LogP contribution in [0.15, 0.2) is 4.52 Å². The molecule has 2 heterocycles. The molecule has 2 rings (SSSR count). The van der Waals surface area contributed by atoms with Crippen LogP contribution in [0.5, 0.6) is 0 Å². The summed E-state index contributed by atoms with van der Waals surface area (Å²) in [7, 11) is 0. The Balaban J connectivity index is 1.85. The molecule has 0 unspecified atom stereocenters. The lowest BCUT2D eigenvalue weighted by Gasteiger charge is -2.18. The van der Waals surface area contributed by atoms with Gasteiger partial charge in [0.1, 0.15) is 0 Å². The van der Waals surface area contributed by atoms with E-state index in [0.717, 1.165) is 49.2 Å². The molecule has 90 valence electrons. The normalized spacial score (nSPS) is 17.8. The molecule has 1 saturated heterocycles. The molecule has 4 nitrogen and oxygen atoms in total. The van der Waals surface area contributed by atoms with Crippen LogP contribution >= 0.6 is 11.8 Å². The average molecular weight is 241 g/mol. The third-order valence-electron chi connectivity index (χ3n) is 2.75. The number of nitrogens with zero attached hydrogens (tertiary/aromatic N) is 2. The first-order valence-electron chi connectivity index (χ1n) is 6.01. The Morgan fingerprint density at radius 2 is 2.25 bits per heavy atom. The summed E-state index contributed by atoms with van der Waals surface area (Å²) in [6.45, 7) is 4.31. The predicted molar refractivity (Wildman–Crippen MR) is 65.6 cm³/mol. The SMILES string of the molecule is CCCSCc1noc(C2CCNCC2)n1. The van der Waals surface area contributed by atoms with Gasteiger partial charge in [0, 0.05) is 5.92 Å². The van der Waals surface area contributed by atoms with Crippen molar-refractivity contribution in [1.82, 2.24) is 15.5 Å². The van der Waals surface area contributed by atoms with Crippen molar-refractivity contribution in [3.63, 3.8) is 0 Å². The zero-order chi connectivity index (χ0) is 11.2. The largest absolute Gasteiger partial charge is 0.339 e. The van der Waals surface area contributed by atoms with E-state index in [-0.39, 0.29) is 0 Å². The van der Waals surface area contributed by atoms with Gasteiger partial charge in [-0.15, -0.1) is 0 Å². The zero-order valence-electron chi connectivity index (χ0n) is 9.74. The molecule has 0 aliphatic carbocycles. The van der Waals surface area contributed by atoms with E-state index in [2.05, 4.69) is 22.4 Å². The summed E-state index contributed by atoms with van der Waals surface area (Å²) in [5.74, 6) is 4.21. The van der Waals surface area contributed by atoms with Crippen LogP contribution in [0.25, 0.3) is 0 Å². The van der Waals surface area contributed by atoms with Crippen LogP contribution in [0.3, 0.4) is 0 Å². The molecule has 0 aromatic carbocycles. The minimum atomic E-state index is 0.471. The molecular formula is C11H19N3OS. The highest BCUT2D eigenvalue weighted by Gasteiger charge is 2.21. The molecule has 1 aromatic heterocycles. The fourth-order valence-corrected chi connectivity index (χ4v) is 2.60. The Morgan fingerprint density at radius 3 is 3.00 bits per heavy atom. The third kappa shape index (κ3) is 3.22. The second-order valence-corrected chi connectivity index (χ2v) is 5.23. The molecule has 0 saturated carbocycles. The van der Waals surface area contributed by atoms with E-state index in [4.69, 9.17) is 4.52 Å². The van der Waals surface area contributed by atoms with Crippen LogP contribution in [0.1, 0.15) is 43.8 Å². The van der Waals surface area contributed by atoms with Crippen LogP contribution in [0, 0.1) is 0 Å². The van der Waals surface area contributed by atoms with Gasteiger partial charge in [-0.3, -0.25) is 0 Å². The van der Waals surface area contributed by atoms with Crippen LogP contribution in [0.4, 0.5) is 0 Å². The fourth-order valence-electron chi connectivity index (χ4n) is 1.87. The number of rotatable bonds is 5. The van der Waals surface area contributed by atoms with Crippen LogP contribution in [-0.2, 0) is 5.75 Å². The molecule has 0 radical (unpaired) electrons. The van der Waals surface area contributed by atoms with Gasteiger partial charge >= 0.3 is 0 Å². The quantitative estimate of drug-likeness (QED) is 0.801. The smallest absolute Gasteiger partial charge is 0.229 e. The van der Waals surface area contributed by atoms with Gasteiger partial charge in [0.05, 0.1) is 5.75 Å². The molecule has 5 heteroatoms. The van der Waals surface area contributed by atoms with Gasteiger partial charge < -0.3 is 9.84 Å². The zero-order valence-corrected chi connectivity index (χ0v) is 10.6. The highest BCUT2D eigenvalue weighted by Crippen LogP contribution is 2.24. The first-order valence-corrected chi connectivity index (χ1v) is 7.16. The summed E-state index contributed by atoms with van der Waals surface area (Å²) >= 11 is 1.87. The minimum Gasteiger partial charge on any atom is -0.339 e. The van der Waals surface area contributed by atoms with Crippen molar-refractivity contribution >= 4 is 11.8 Å². The Kier molecular flexibility index (Phi) is 4.66. The topological polar surface area (TPSA) is 51.0 Å². The van der Waals surface area contributed by atoms with E-state index < -0.39 is 0 Å². The standard InChI is InChI=1S/C11H19N3OS/c1-2-7-16-8-10-13-11(15-14-10)9-3-5-12-6-4-9/h9,12H,2-8H2,1H3. The second-order valence-electron chi connectivity index (χ2n) is 4.13. The van der Waals surface area contributed by atoms with Crippen molar-refractivity contribution in [3.05, 3.63) is 11.7 Å². The van der Waals surface area contributed by atoms with Gasteiger partial charge in [-0.25, -0.2) is 0 Å². The van der Waals surface area contributed by atoms with E-state index in [0.29, 0.717) is 5.92 Å². The minimum absolute atomic E-state index is 0.471. The number of hydrogen-bond acceptors (Lipinski definition) is 5. The maximum absolute atomic E-state index is 5.33. The van der Waals surface area contributed by atoms with E-state index in [1.807, 2.05) is 11.8 Å². The number of piperidine rings is 1. The number of hydrogen-bond donors (Lipinski definition) is 1. The fraction of sp³-hybridized carbons (Fsp3) is 0.818. The van der Waals surface area contributed by atoms with E-state index in [1.165, 1.54) is 6.42 Å². The molecule has 1 aromatic rings. The highest BCUT2D eigenvalue weighted by atomic mass is 32.2. The van der Waals surface area contributed by atoms with Crippen molar-refractivity contribution < 1.29 is 4.52 Å². The Labute approximate surface area is 101 Å². The summed E-state index contributed by atoms with van der Waals surface area (Å²) in [5, 5.41) is 7.38. The number of aromatic nitrogens is 2. The van der Waals surface area contributed by atoms with Crippen LogP contribution in [0.2, 0.25) is 0 Å².